The fourth-order valence-corrected chi connectivity index (χ4v) is 3.36. The molecular formula is C16H30N4. The molecular weight excluding hydrogens is 248 g/mol. The van der Waals surface area contributed by atoms with Crippen molar-refractivity contribution in [2.24, 2.45) is 5.41 Å². The second-order valence-corrected chi connectivity index (χ2v) is 7.09. The number of aryl methyl sites for hydroxylation is 1. The molecule has 0 unspecified atom stereocenters. The maximum atomic E-state index is 4.89. The first-order valence-corrected chi connectivity index (χ1v) is 7.85. The van der Waals surface area contributed by atoms with Crippen molar-refractivity contribution in [1.82, 2.24) is 19.8 Å². The van der Waals surface area contributed by atoms with Crippen LogP contribution >= 0.6 is 0 Å². The molecule has 0 fully saturated rings. The quantitative estimate of drug-likeness (QED) is 0.865. The van der Waals surface area contributed by atoms with Crippen LogP contribution in [-0.2, 0) is 25.9 Å². The lowest BCUT2D eigenvalue weighted by atomic mass is 9.92. The minimum atomic E-state index is 0.269. The fraction of sp³-hybridized carbons (Fsp3) is 0.812. The summed E-state index contributed by atoms with van der Waals surface area (Å²) in [5.74, 6) is 1.29. The Labute approximate surface area is 123 Å². The Hall–Kier alpha value is -0.870. The highest BCUT2D eigenvalue weighted by atomic mass is 15.1. The summed E-state index contributed by atoms with van der Waals surface area (Å²) in [7, 11) is 4.31. The number of imidazole rings is 1. The van der Waals surface area contributed by atoms with Crippen LogP contribution in [0.25, 0.3) is 0 Å². The van der Waals surface area contributed by atoms with Crippen LogP contribution in [0.15, 0.2) is 0 Å². The lowest BCUT2D eigenvalue weighted by Gasteiger charge is -2.30. The van der Waals surface area contributed by atoms with E-state index in [1.165, 1.54) is 17.2 Å². The number of fused-ring (bicyclic) bond motifs is 1. The molecule has 0 radical (unpaired) electrons. The van der Waals surface area contributed by atoms with Gasteiger partial charge in [0, 0.05) is 44.7 Å². The molecule has 1 aliphatic rings. The summed E-state index contributed by atoms with van der Waals surface area (Å²) in [5.41, 5.74) is 3.02. The molecule has 0 atom stereocenters. The molecule has 4 nitrogen and oxygen atoms in total. The summed E-state index contributed by atoms with van der Waals surface area (Å²) in [6, 6.07) is 0. The minimum absolute atomic E-state index is 0.269. The molecule has 2 heterocycles. The van der Waals surface area contributed by atoms with E-state index in [2.05, 4.69) is 49.7 Å². The molecule has 0 saturated carbocycles. The van der Waals surface area contributed by atoms with Gasteiger partial charge >= 0.3 is 0 Å². The Morgan fingerprint density at radius 2 is 2.10 bits per heavy atom. The zero-order chi connectivity index (χ0) is 14.8. The molecule has 0 saturated heterocycles. The van der Waals surface area contributed by atoms with Crippen LogP contribution in [0, 0.1) is 5.41 Å². The third-order valence-corrected chi connectivity index (χ3v) is 3.87. The lowest BCUT2D eigenvalue weighted by Crippen LogP contribution is -2.34. The summed E-state index contributed by atoms with van der Waals surface area (Å²) in [6.45, 7) is 11.1. The van der Waals surface area contributed by atoms with Crippen LogP contribution in [-0.4, -0.2) is 41.6 Å². The van der Waals surface area contributed by atoms with Gasteiger partial charge < -0.3 is 14.8 Å². The Morgan fingerprint density at radius 3 is 2.75 bits per heavy atom. The number of rotatable bonds is 6. The molecule has 2 rings (SSSR count). The topological polar surface area (TPSA) is 33.1 Å². The second kappa shape index (κ2) is 6.27. The highest BCUT2D eigenvalue weighted by molar-refractivity contribution is 5.21. The standard InChI is InChI=1S/C16H30N4/c1-6-7-15-18-13-10-17-9-8-14(13)20(15)12-16(2,3)11-19(4)5/h17H,6-12H2,1-5H3. The molecule has 1 aliphatic heterocycles. The molecule has 0 spiro atoms. The lowest BCUT2D eigenvalue weighted by molar-refractivity contribution is 0.207. The maximum Gasteiger partial charge on any atom is 0.109 e. The van der Waals surface area contributed by atoms with Gasteiger partial charge in [0.25, 0.3) is 0 Å². The van der Waals surface area contributed by atoms with Gasteiger partial charge in [-0.3, -0.25) is 0 Å². The van der Waals surface area contributed by atoms with E-state index in [0.29, 0.717) is 0 Å². The molecule has 0 aliphatic carbocycles. The summed E-state index contributed by atoms with van der Waals surface area (Å²) in [6.07, 6.45) is 3.37. The highest BCUT2D eigenvalue weighted by Gasteiger charge is 2.25. The van der Waals surface area contributed by atoms with Gasteiger partial charge in [0.15, 0.2) is 0 Å². The first-order chi connectivity index (χ1) is 9.43. The maximum absolute atomic E-state index is 4.89. The predicted octanol–water partition coefficient (Wildman–Crippen LogP) is 2.07. The van der Waals surface area contributed by atoms with Gasteiger partial charge in [-0.2, -0.15) is 0 Å². The van der Waals surface area contributed by atoms with Crippen molar-refractivity contribution >= 4 is 0 Å². The molecule has 1 aromatic rings. The molecule has 0 amide bonds. The summed E-state index contributed by atoms with van der Waals surface area (Å²) >= 11 is 0. The van der Waals surface area contributed by atoms with Gasteiger partial charge in [-0.25, -0.2) is 4.98 Å². The minimum Gasteiger partial charge on any atom is -0.331 e. The second-order valence-electron chi connectivity index (χ2n) is 7.09. The van der Waals surface area contributed by atoms with Gasteiger partial charge in [0.1, 0.15) is 5.82 Å². The number of hydrogen-bond acceptors (Lipinski definition) is 3. The van der Waals surface area contributed by atoms with Crippen LogP contribution in [0.2, 0.25) is 0 Å². The average Bonchev–Trinajstić information content (AvgIpc) is 2.66. The Morgan fingerprint density at radius 1 is 1.35 bits per heavy atom. The van der Waals surface area contributed by atoms with Crippen molar-refractivity contribution in [3.63, 3.8) is 0 Å². The molecule has 20 heavy (non-hydrogen) atoms. The Kier molecular flexibility index (Phi) is 4.86. The van der Waals surface area contributed by atoms with Crippen molar-refractivity contribution in [2.45, 2.75) is 53.1 Å². The molecule has 114 valence electrons. The zero-order valence-corrected chi connectivity index (χ0v) is 13.8. The zero-order valence-electron chi connectivity index (χ0n) is 13.8. The number of nitrogens with one attached hydrogen (secondary N) is 1. The smallest absolute Gasteiger partial charge is 0.109 e. The van der Waals surface area contributed by atoms with Gasteiger partial charge in [-0.05, 0) is 25.9 Å². The molecule has 1 N–H and O–H groups in total. The third-order valence-electron chi connectivity index (χ3n) is 3.87. The molecule has 0 bridgehead atoms. The van der Waals surface area contributed by atoms with E-state index < -0.39 is 0 Å². The van der Waals surface area contributed by atoms with Gasteiger partial charge in [0.05, 0.1) is 5.69 Å². The normalized spacial score (nSPS) is 15.7. The van der Waals surface area contributed by atoms with Crippen molar-refractivity contribution in [1.29, 1.82) is 0 Å². The molecule has 1 aromatic heterocycles. The number of nitrogens with zero attached hydrogens (tertiary/aromatic N) is 3. The summed E-state index contributed by atoms with van der Waals surface area (Å²) in [4.78, 5) is 7.17. The Balaban J connectivity index is 2.26. The van der Waals surface area contributed by atoms with Crippen LogP contribution < -0.4 is 5.32 Å². The monoisotopic (exact) mass is 278 g/mol. The first-order valence-electron chi connectivity index (χ1n) is 7.85. The van der Waals surface area contributed by atoms with E-state index in [4.69, 9.17) is 4.98 Å². The van der Waals surface area contributed by atoms with Crippen LogP contribution in [0.5, 0.6) is 0 Å². The van der Waals surface area contributed by atoms with Crippen molar-refractivity contribution < 1.29 is 0 Å². The van der Waals surface area contributed by atoms with Crippen molar-refractivity contribution in [2.75, 3.05) is 27.2 Å². The largest absolute Gasteiger partial charge is 0.331 e. The highest BCUT2D eigenvalue weighted by Crippen LogP contribution is 2.25. The van der Waals surface area contributed by atoms with Crippen LogP contribution in [0.3, 0.4) is 0 Å². The van der Waals surface area contributed by atoms with E-state index >= 15 is 0 Å². The number of aromatic nitrogens is 2. The van der Waals surface area contributed by atoms with Crippen molar-refractivity contribution in [3.05, 3.63) is 17.2 Å². The predicted molar refractivity (Wildman–Crippen MR) is 84.0 cm³/mol. The van der Waals surface area contributed by atoms with Crippen molar-refractivity contribution in [3.8, 4) is 0 Å². The van der Waals surface area contributed by atoms with Gasteiger partial charge in [0.2, 0.25) is 0 Å². The summed E-state index contributed by atoms with van der Waals surface area (Å²) in [5, 5.41) is 3.43. The molecule has 4 heteroatoms. The van der Waals surface area contributed by atoms with E-state index in [0.717, 1.165) is 45.4 Å². The van der Waals surface area contributed by atoms with E-state index in [9.17, 15) is 0 Å². The van der Waals surface area contributed by atoms with Gasteiger partial charge in [-0.15, -0.1) is 0 Å². The fourth-order valence-electron chi connectivity index (χ4n) is 3.36. The first kappa shape index (κ1) is 15.5. The van der Waals surface area contributed by atoms with E-state index in [1.54, 1.807) is 0 Å². The average molecular weight is 278 g/mol. The van der Waals surface area contributed by atoms with Crippen LogP contribution in [0.1, 0.15) is 44.4 Å². The van der Waals surface area contributed by atoms with Crippen LogP contribution in [0.4, 0.5) is 0 Å². The van der Waals surface area contributed by atoms with Gasteiger partial charge in [-0.1, -0.05) is 20.8 Å². The Bertz CT molecular complexity index is 446. The third kappa shape index (κ3) is 3.61. The van der Waals surface area contributed by atoms with E-state index in [-0.39, 0.29) is 5.41 Å². The van der Waals surface area contributed by atoms with E-state index in [1.807, 2.05) is 0 Å². The molecule has 0 aromatic carbocycles. The summed E-state index contributed by atoms with van der Waals surface area (Å²) < 4.78 is 2.52. The SMILES string of the molecule is CCCc1nc2c(n1CC(C)(C)CN(C)C)CCNC2. The number of hydrogen-bond donors (Lipinski definition) is 1.